The lowest BCUT2D eigenvalue weighted by Gasteiger charge is -2.06. The molecule has 0 bridgehead atoms. The molecule has 92 valence electrons. The van der Waals surface area contributed by atoms with E-state index in [1.807, 2.05) is 0 Å². The van der Waals surface area contributed by atoms with Gasteiger partial charge < -0.3 is 10.6 Å². The molecule has 0 aromatic heterocycles. The van der Waals surface area contributed by atoms with Gasteiger partial charge in [-0.1, -0.05) is 18.2 Å². The highest BCUT2D eigenvalue weighted by Gasteiger charge is 2.04. The van der Waals surface area contributed by atoms with Crippen molar-refractivity contribution in [1.29, 1.82) is 0 Å². The van der Waals surface area contributed by atoms with E-state index in [1.54, 1.807) is 18.2 Å². The van der Waals surface area contributed by atoms with Gasteiger partial charge in [0.25, 0.3) is 0 Å². The lowest BCUT2D eigenvalue weighted by molar-refractivity contribution is -0.121. The van der Waals surface area contributed by atoms with Crippen molar-refractivity contribution >= 4 is 11.8 Å². The number of hydrogen-bond acceptors (Lipinski definition) is 2. The Morgan fingerprint density at radius 2 is 1.94 bits per heavy atom. The first-order valence-corrected chi connectivity index (χ1v) is 5.34. The Kier molecular flexibility index (Phi) is 5.13. The summed E-state index contributed by atoms with van der Waals surface area (Å²) in [7, 11) is 0. The largest absolute Gasteiger partial charge is 0.356 e. The Morgan fingerprint density at radius 3 is 2.59 bits per heavy atom. The fraction of sp³-hybridized carbons (Fsp3) is 0.333. The van der Waals surface area contributed by atoms with Crippen molar-refractivity contribution in [1.82, 2.24) is 10.6 Å². The van der Waals surface area contributed by atoms with E-state index in [1.165, 1.54) is 13.0 Å². The summed E-state index contributed by atoms with van der Waals surface area (Å²) < 4.78 is 13.2. The first-order valence-electron chi connectivity index (χ1n) is 5.34. The normalized spacial score (nSPS) is 9.76. The lowest BCUT2D eigenvalue weighted by Crippen LogP contribution is -2.29. The van der Waals surface area contributed by atoms with Gasteiger partial charge >= 0.3 is 0 Å². The molecule has 0 radical (unpaired) electrons. The van der Waals surface area contributed by atoms with Crippen molar-refractivity contribution in [2.24, 2.45) is 0 Å². The highest BCUT2D eigenvalue weighted by atomic mass is 19.1. The van der Waals surface area contributed by atoms with Gasteiger partial charge in [-0.25, -0.2) is 4.39 Å². The predicted octanol–water partition coefficient (Wildman–Crippen LogP) is 0.968. The maximum atomic E-state index is 13.2. The molecule has 0 saturated carbocycles. The summed E-state index contributed by atoms with van der Waals surface area (Å²) in [6, 6.07) is 6.27. The molecule has 1 aromatic carbocycles. The number of rotatable bonds is 5. The van der Waals surface area contributed by atoms with Crippen molar-refractivity contribution < 1.29 is 14.0 Å². The molecular weight excluding hydrogens is 223 g/mol. The van der Waals surface area contributed by atoms with E-state index >= 15 is 0 Å². The maximum Gasteiger partial charge on any atom is 0.222 e. The first kappa shape index (κ1) is 13.2. The molecule has 0 spiro atoms. The van der Waals surface area contributed by atoms with Gasteiger partial charge in [0.05, 0.1) is 0 Å². The molecule has 1 rings (SSSR count). The van der Waals surface area contributed by atoms with Crippen molar-refractivity contribution in [3.8, 4) is 0 Å². The van der Waals surface area contributed by atoms with Crippen LogP contribution in [0.1, 0.15) is 18.9 Å². The standard InChI is InChI=1S/C12H15FN2O2/c1-9(16)14-7-6-12(17)15-8-10-4-2-3-5-11(10)13/h2-5H,6-8H2,1H3,(H,14,16)(H,15,17). The molecule has 0 aliphatic carbocycles. The number of benzene rings is 1. The number of carbonyl (C=O) groups excluding carboxylic acids is 2. The molecule has 0 atom stereocenters. The first-order chi connectivity index (χ1) is 8.09. The third kappa shape index (κ3) is 5.10. The Bertz CT molecular complexity index is 407. The Balaban J connectivity index is 2.29. The van der Waals surface area contributed by atoms with Gasteiger partial charge in [-0.3, -0.25) is 9.59 Å². The Hall–Kier alpha value is -1.91. The predicted molar refractivity (Wildman–Crippen MR) is 61.5 cm³/mol. The van der Waals surface area contributed by atoms with Crippen LogP contribution in [0.25, 0.3) is 0 Å². The maximum absolute atomic E-state index is 13.2. The highest BCUT2D eigenvalue weighted by molar-refractivity contribution is 5.77. The van der Waals surface area contributed by atoms with Gasteiger partial charge in [-0.05, 0) is 6.07 Å². The molecule has 1 aromatic rings. The summed E-state index contributed by atoms with van der Waals surface area (Å²) >= 11 is 0. The second kappa shape index (κ2) is 6.62. The van der Waals surface area contributed by atoms with Crippen LogP contribution in [0.15, 0.2) is 24.3 Å². The average Bonchev–Trinajstić information content (AvgIpc) is 2.27. The molecule has 0 unspecified atom stereocenters. The molecule has 0 aliphatic rings. The highest BCUT2D eigenvalue weighted by Crippen LogP contribution is 2.05. The third-order valence-electron chi connectivity index (χ3n) is 2.16. The molecule has 4 nitrogen and oxygen atoms in total. The Morgan fingerprint density at radius 1 is 1.24 bits per heavy atom. The fourth-order valence-corrected chi connectivity index (χ4v) is 1.28. The molecule has 2 N–H and O–H groups in total. The molecule has 0 heterocycles. The summed E-state index contributed by atoms with van der Waals surface area (Å²) in [5.74, 6) is -0.733. The molecule has 0 saturated heterocycles. The van der Waals surface area contributed by atoms with Gasteiger partial charge in [-0.15, -0.1) is 0 Å². The summed E-state index contributed by atoms with van der Waals surface area (Å²) in [6.45, 7) is 1.83. The van der Waals surface area contributed by atoms with Gasteiger partial charge in [-0.2, -0.15) is 0 Å². The van der Waals surface area contributed by atoms with Crippen molar-refractivity contribution in [3.63, 3.8) is 0 Å². The van der Waals surface area contributed by atoms with Gasteiger partial charge in [0.15, 0.2) is 0 Å². The van der Waals surface area contributed by atoms with Crippen LogP contribution in [0, 0.1) is 5.82 Å². The summed E-state index contributed by atoms with van der Waals surface area (Å²) in [6.07, 6.45) is 0.189. The number of nitrogens with one attached hydrogen (secondary N) is 2. The molecule has 17 heavy (non-hydrogen) atoms. The van der Waals surface area contributed by atoms with Gasteiger partial charge in [0.1, 0.15) is 5.82 Å². The van der Waals surface area contributed by atoms with Crippen LogP contribution in [0.5, 0.6) is 0 Å². The minimum absolute atomic E-state index is 0.158. The Labute approximate surface area is 99.2 Å². The third-order valence-corrected chi connectivity index (χ3v) is 2.16. The summed E-state index contributed by atoms with van der Waals surface area (Å²) in [5, 5.41) is 5.10. The van der Waals surface area contributed by atoms with E-state index in [0.29, 0.717) is 12.1 Å². The van der Waals surface area contributed by atoms with E-state index in [2.05, 4.69) is 10.6 Å². The smallest absolute Gasteiger partial charge is 0.222 e. The number of halogens is 1. The van der Waals surface area contributed by atoms with Crippen LogP contribution in [0.3, 0.4) is 0 Å². The number of hydrogen-bond donors (Lipinski definition) is 2. The molecule has 0 fully saturated rings. The average molecular weight is 238 g/mol. The monoisotopic (exact) mass is 238 g/mol. The van der Waals surface area contributed by atoms with E-state index in [0.717, 1.165) is 0 Å². The molecular formula is C12H15FN2O2. The van der Waals surface area contributed by atoms with E-state index in [-0.39, 0.29) is 30.6 Å². The lowest BCUT2D eigenvalue weighted by atomic mass is 10.2. The van der Waals surface area contributed by atoms with Crippen LogP contribution >= 0.6 is 0 Å². The number of carbonyl (C=O) groups is 2. The van der Waals surface area contributed by atoms with E-state index in [9.17, 15) is 14.0 Å². The minimum atomic E-state index is -0.338. The summed E-state index contributed by atoms with van der Waals surface area (Å²) in [4.78, 5) is 21.9. The summed E-state index contributed by atoms with van der Waals surface area (Å²) in [5.41, 5.74) is 0.445. The quantitative estimate of drug-likeness (QED) is 0.803. The number of amides is 2. The topological polar surface area (TPSA) is 58.2 Å². The van der Waals surface area contributed by atoms with Crippen LogP contribution in [-0.4, -0.2) is 18.4 Å². The zero-order chi connectivity index (χ0) is 12.7. The SMILES string of the molecule is CC(=O)NCCC(=O)NCc1ccccc1F. The van der Waals surface area contributed by atoms with Gasteiger partial charge in [0.2, 0.25) is 11.8 Å². The molecule has 5 heteroatoms. The van der Waals surface area contributed by atoms with Crippen LogP contribution in [0.2, 0.25) is 0 Å². The van der Waals surface area contributed by atoms with E-state index < -0.39 is 0 Å². The zero-order valence-electron chi connectivity index (χ0n) is 9.63. The van der Waals surface area contributed by atoms with Crippen LogP contribution < -0.4 is 10.6 Å². The van der Waals surface area contributed by atoms with E-state index in [4.69, 9.17) is 0 Å². The van der Waals surface area contributed by atoms with Crippen LogP contribution in [-0.2, 0) is 16.1 Å². The van der Waals surface area contributed by atoms with Gasteiger partial charge in [0, 0.05) is 32.0 Å². The van der Waals surface area contributed by atoms with Crippen molar-refractivity contribution in [2.45, 2.75) is 19.9 Å². The second-order valence-electron chi connectivity index (χ2n) is 3.60. The minimum Gasteiger partial charge on any atom is -0.356 e. The molecule has 2 amide bonds. The van der Waals surface area contributed by atoms with Crippen LogP contribution in [0.4, 0.5) is 4.39 Å². The molecule has 0 aliphatic heterocycles. The second-order valence-corrected chi connectivity index (χ2v) is 3.60. The van der Waals surface area contributed by atoms with Crippen molar-refractivity contribution in [3.05, 3.63) is 35.6 Å². The van der Waals surface area contributed by atoms with Crippen molar-refractivity contribution in [2.75, 3.05) is 6.54 Å². The fourth-order valence-electron chi connectivity index (χ4n) is 1.28. The zero-order valence-corrected chi connectivity index (χ0v) is 9.63.